The molecule has 0 N–H and O–H groups in total. The van der Waals surface area contributed by atoms with Crippen molar-refractivity contribution in [2.75, 3.05) is 12.9 Å². The molecule has 0 saturated heterocycles. The van der Waals surface area contributed by atoms with Gasteiger partial charge in [-0.05, 0) is 44.7 Å². The molecule has 0 aliphatic heterocycles. The number of rotatable bonds is 4. The molecule has 0 atom stereocenters. The number of aromatic nitrogens is 2. The van der Waals surface area contributed by atoms with Gasteiger partial charge < -0.3 is 4.74 Å². The summed E-state index contributed by atoms with van der Waals surface area (Å²) in [6.07, 6.45) is 1.96. The molecule has 0 unspecified atom stereocenters. The molecular formula is C16H16N2O2S3. The van der Waals surface area contributed by atoms with Crippen molar-refractivity contribution >= 4 is 50.6 Å². The Labute approximate surface area is 146 Å². The fourth-order valence-electron chi connectivity index (χ4n) is 2.34. The summed E-state index contributed by atoms with van der Waals surface area (Å²) in [6.45, 7) is 6.20. The second kappa shape index (κ2) is 6.59. The van der Waals surface area contributed by atoms with Crippen LogP contribution >= 0.6 is 34.4 Å². The molecule has 4 nitrogen and oxygen atoms in total. The van der Waals surface area contributed by atoms with Gasteiger partial charge in [0.15, 0.2) is 5.16 Å². The largest absolute Gasteiger partial charge is 0.462 e. The number of ether oxygens (including phenoxy) is 1. The Morgan fingerprint density at radius 1 is 1.26 bits per heavy atom. The highest BCUT2D eigenvalue weighted by molar-refractivity contribution is 7.98. The smallest absolute Gasteiger partial charge is 0.348 e. The van der Waals surface area contributed by atoms with E-state index in [1.165, 1.54) is 28.0 Å². The Kier molecular flexibility index (Phi) is 4.70. The average molecular weight is 365 g/mol. The van der Waals surface area contributed by atoms with Crippen LogP contribution in [-0.2, 0) is 4.74 Å². The Balaban J connectivity index is 2.27. The van der Waals surface area contributed by atoms with E-state index in [4.69, 9.17) is 9.72 Å². The van der Waals surface area contributed by atoms with Gasteiger partial charge in [-0.15, -0.1) is 22.7 Å². The molecule has 7 heteroatoms. The van der Waals surface area contributed by atoms with Crippen molar-refractivity contribution in [2.24, 2.45) is 0 Å². The average Bonchev–Trinajstić information content (AvgIpc) is 3.11. The van der Waals surface area contributed by atoms with Gasteiger partial charge in [-0.25, -0.2) is 14.8 Å². The number of aryl methyl sites for hydroxylation is 2. The number of nitrogens with zero attached hydrogens (tertiary/aromatic N) is 2. The summed E-state index contributed by atoms with van der Waals surface area (Å²) in [7, 11) is 0. The Morgan fingerprint density at radius 2 is 2.04 bits per heavy atom. The van der Waals surface area contributed by atoms with Gasteiger partial charge in [0.1, 0.15) is 9.71 Å². The maximum absolute atomic E-state index is 12.2. The second-order valence-electron chi connectivity index (χ2n) is 4.93. The molecule has 0 aliphatic rings. The predicted octanol–water partition coefficient (Wildman–Crippen LogP) is 4.94. The van der Waals surface area contributed by atoms with Crippen molar-refractivity contribution in [3.8, 4) is 10.6 Å². The highest BCUT2D eigenvalue weighted by Gasteiger charge is 2.22. The molecular weight excluding hydrogens is 348 g/mol. The molecule has 120 valence electrons. The molecule has 3 rings (SSSR count). The fraction of sp³-hybridized carbons (Fsp3) is 0.312. The quantitative estimate of drug-likeness (QED) is 0.373. The summed E-state index contributed by atoms with van der Waals surface area (Å²) in [5.74, 6) is -0.285. The molecule has 3 heterocycles. The summed E-state index contributed by atoms with van der Waals surface area (Å²) in [4.78, 5) is 25.2. The molecule has 23 heavy (non-hydrogen) atoms. The van der Waals surface area contributed by atoms with E-state index >= 15 is 0 Å². The van der Waals surface area contributed by atoms with E-state index in [2.05, 4.69) is 24.0 Å². The minimum absolute atomic E-state index is 0.285. The molecule has 0 aliphatic carbocycles. The van der Waals surface area contributed by atoms with Gasteiger partial charge in [0, 0.05) is 10.3 Å². The molecule has 0 bridgehead atoms. The van der Waals surface area contributed by atoms with Crippen molar-refractivity contribution in [3.63, 3.8) is 0 Å². The highest BCUT2D eigenvalue weighted by atomic mass is 32.2. The zero-order chi connectivity index (χ0) is 16.6. The van der Waals surface area contributed by atoms with Gasteiger partial charge in [0.25, 0.3) is 0 Å². The van der Waals surface area contributed by atoms with Crippen molar-refractivity contribution in [2.45, 2.75) is 25.9 Å². The van der Waals surface area contributed by atoms with Crippen molar-refractivity contribution in [1.29, 1.82) is 0 Å². The molecule has 3 aromatic rings. The molecule has 3 aromatic heterocycles. The normalized spacial score (nSPS) is 11.1. The van der Waals surface area contributed by atoms with Crippen LogP contribution < -0.4 is 0 Å². The van der Waals surface area contributed by atoms with Crippen LogP contribution in [0.4, 0.5) is 0 Å². The van der Waals surface area contributed by atoms with Crippen LogP contribution in [0.25, 0.3) is 20.8 Å². The SMILES string of the molecule is CCOC(=O)c1sc2nc(SC)nc(-c3ccc(C)s3)c2c1C. The zero-order valence-electron chi connectivity index (χ0n) is 13.3. The van der Waals surface area contributed by atoms with Gasteiger partial charge in [-0.2, -0.15) is 0 Å². The number of carbonyl (C=O) groups excluding carboxylic acids is 1. The number of fused-ring (bicyclic) bond motifs is 1. The molecule has 0 spiro atoms. The first-order chi connectivity index (χ1) is 11.0. The zero-order valence-corrected chi connectivity index (χ0v) is 15.7. The van der Waals surface area contributed by atoms with Crippen LogP contribution in [0.1, 0.15) is 27.0 Å². The van der Waals surface area contributed by atoms with Gasteiger partial charge in [-0.1, -0.05) is 11.8 Å². The second-order valence-corrected chi connectivity index (χ2v) is 7.99. The minimum atomic E-state index is -0.285. The standard InChI is InChI=1S/C16H16N2O2S3/c1-5-20-15(19)13-9(3)11-12(10-7-6-8(2)22-10)17-16(21-4)18-14(11)23-13/h6-7H,5H2,1-4H3. The number of hydrogen-bond acceptors (Lipinski definition) is 7. The van der Waals surface area contributed by atoms with Crippen molar-refractivity contribution in [1.82, 2.24) is 9.97 Å². The molecule has 0 amide bonds. The van der Waals surface area contributed by atoms with Gasteiger partial charge in [-0.3, -0.25) is 0 Å². The van der Waals surface area contributed by atoms with Crippen molar-refractivity contribution < 1.29 is 9.53 Å². The van der Waals surface area contributed by atoms with Crippen LogP contribution in [0.2, 0.25) is 0 Å². The minimum Gasteiger partial charge on any atom is -0.462 e. The lowest BCUT2D eigenvalue weighted by atomic mass is 10.1. The number of carbonyl (C=O) groups is 1. The van der Waals surface area contributed by atoms with Crippen LogP contribution in [0.3, 0.4) is 0 Å². The third kappa shape index (κ3) is 3.00. The summed E-state index contributed by atoms with van der Waals surface area (Å²) < 4.78 is 5.17. The lowest BCUT2D eigenvalue weighted by Gasteiger charge is -2.04. The van der Waals surface area contributed by atoms with Crippen LogP contribution in [0.15, 0.2) is 17.3 Å². The van der Waals surface area contributed by atoms with Crippen LogP contribution in [0.5, 0.6) is 0 Å². The maximum Gasteiger partial charge on any atom is 0.348 e. The number of esters is 1. The third-order valence-corrected chi connectivity index (χ3v) is 6.11. The lowest BCUT2D eigenvalue weighted by Crippen LogP contribution is -2.03. The van der Waals surface area contributed by atoms with E-state index in [0.29, 0.717) is 11.5 Å². The first kappa shape index (κ1) is 16.4. The fourth-order valence-corrected chi connectivity index (χ4v) is 4.70. The van der Waals surface area contributed by atoms with Crippen LogP contribution in [0, 0.1) is 13.8 Å². The van der Waals surface area contributed by atoms with E-state index in [0.717, 1.165) is 31.5 Å². The Bertz CT molecular complexity index is 883. The lowest BCUT2D eigenvalue weighted by molar-refractivity contribution is 0.0531. The monoisotopic (exact) mass is 364 g/mol. The first-order valence-corrected chi connectivity index (χ1v) is 10.00. The highest BCUT2D eigenvalue weighted by Crippen LogP contribution is 2.39. The summed E-state index contributed by atoms with van der Waals surface area (Å²) in [6, 6.07) is 4.16. The molecule has 0 radical (unpaired) electrons. The first-order valence-electron chi connectivity index (χ1n) is 7.14. The predicted molar refractivity (Wildman–Crippen MR) is 97.9 cm³/mol. The van der Waals surface area contributed by atoms with E-state index < -0.39 is 0 Å². The van der Waals surface area contributed by atoms with Crippen LogP contribution in [-0.4, -0.2) is 28.8 Å². The topological polar surface area (TPSA) is 52.1 Å². The van der Waals surface area contributed by atoms with Gasteiger partial charge >= 0.3 is 5.97 Å². The molecule has 0 fully saturated rings. The third-order valence-electron chi connectivity index (χ3n) is 3.39. The number of hydrogen-bond donors (Lipinski definition) is 0. The summed E-state index contributed by atoms with van der Waals surface area (Å²) in [5, 5.41) is 1.67. The van der Waals surface area contributed by atoms with Crippen molar-refractivity contribution in [3.05, 3.63) is 27.5 Å². The Morgan fingerprint density at radius 3 is 2.65 bits per heavy atom. The molecule has 0 aromatic carbocycles. The van der Waals surface area contributed by atoms with Gasteiger partial charge in [0.05, 0.1) is 17.2 Å². The van der Waals surface area contributed by atoms with E-state index in [1.54, 1.807) is 11.3 Å². The molecule has 0 saturated carbocycles. The summed E-state index contributed by atoms with van der Waals surface area (Å²) in [5.41, 5.74) is 1.80. The maximum atomic E-state index is 12.2. The number of thiophene rings is 2. The van der Waals surface area contributed by atoms with Gasteiger partial charge in [0.2, 0.25) is 0 Å². The summed E-state index contributed by atoms with van der Waals surface area (Å²) >= 11 is 4.59. The Hall–Kier alpha value is -1.44. The van der Waals surface area contributed by atoms with E-state index in [-0.39, 0.29) is 5.97 Å². The van der Waals surface area contributed by atoms with E-state index in [9.17, 15) is 4.79 Å². The number of thioether (sulfide) groups is 1. The van der Waals surface area contributed by atoms with E-state index in [1.807, 2.05) is 20.1 Å².